The van der Waals surface area contributed by atoms with E-state index in [4.69, 9.17) is 15.2 Å². The van der Waals surface area contributed by atoms with Crippen LogP contribution >= 0.6 is 15.9 Å². The average molecular weight is 646 g/mol. The number of benzene rings is 3. The topological polar surface area (TPSA) is 82.6 Å². The summed E-state index contributed by atoms with van der Waals surface area (Å²) in [5.74, 6) is 1.54. The third-order valence-corrected chi connectivity index (χ3v) is 8.79. The summed E-state index contributed by atoms with van der Waals surface area (Å²) in [6.07, 6.45) is 6.11. The van der Waals surface area contributed by atoms with Gasteiger partial charge in [0.25, 0.3) is 0 Å². The minimum atomic E-state index is -0.368. The molecule has 3 aromatic carbocycles. The number of carbonyl (C=O) groups excluding carboxylic acids is 1. The van der Waals surface area contributed by atoms with Crippen molar-refractivity contribution < 1.29 is 18.7 Å². The van der Waals surface area contributed by atoms with Gasteiger partial charge in [0, 0.05) is 37.2 Å². The number of nitrogens with zero attached hydrogens (tertiary/aromatic N) is 3. The van der Waals surface area contributed by atoms with Gasteiger partial charge < -0.3 is 20.1 Å². The lowest BCUT2D eigenvalue weighted by atomic mass is 10.0. The predicted octanol–water partition coefficient (Wildman–Crippen LogP) is 7.53. The lowest BCUT2D eigenvalue weighted by Crippen LogP contribution is -2.41. The summed E-state index contributed by atoms with van der Waals surface area (Å²) < 4.78 is 28.3. The standard InChI is InChI=1S/C34H34BrFN4O3/c1-20(2)39-11-9-27(10-12-39)42-32-17-23-15-24(14-22(23)16-30(32)35)33(41)29-19-38-40(34(29)37)26-7-8-31(21(3)13-26)43-28-6-4-5-25(36)18-28/h4-8,13,15-20,27H,9-12,14,37H2,1-3H3. The number of likely N-dealkylation sites (tertiary alicyclic amines) is 1. The second kappa shape index (κ2) is 12.0. The van der Waals surface area contributed by atoms with Crippen LogP contribution in [0.25, 0.3) is 11.8 Å². The van der Waals surface area contributed by atoms with Gasteiger partial charge in [-0.1, -0.05) is 6.07 Å². The van der Waals surface area contributed by atoms with Gasteiger partial charge in [-0.2, -0.15) is 5.10 Å². The molecule has 4 aromatic rings. The van der Waals surface area contributed by atoms with E-state index in [1.165, 1.54) is 18.3 Å². The highest BCUT2D eigenvalue weighted by Crippen LogP contribution is 2.37. The molecule has 2 N–H and O–H groups in total. The SMILES string of the molecule is Cc1cc(-n2ncc(C(=O)C3=Cc4cc(OC5CCN(C(C)C)CC5)c(Br)cc4C3)c2N)ccc1Oc1cccc(F)c1. The minimum absolute atomic E-state index is 0.151. The number of carbonyl (C=O) groups is 1. The summed E-state index contributed by atoms with van der Waals surface area (Å²) >= 11 is 3.68. The second-order valence-corrected chi connectivity index (χ2v) is 12.3. The molecule has 1 saturated heterocycles. The van der Waals surface area contributed by atoms with E-state index in [2.05, 4.69) is 39.8 Å². The number of halogens is 2. The maximum absolute atomic E-state index is 13.6. The third-order valence-electron chi connectivity index (χ3n) is 8.17. The van der Waals surface area contributed by atoms with E-state index in [9.17, 15) is 9.18 Å². The number of hydrogen-bond acceptors (Lipinski definition) is 6. The van der Waals surface area contributed by atoms with Crippen LogP contribution in [0.3, 0.4) is 0 Å². The van der Waals surface area contributed by atoms with Crippen LogP contribution in [-0.2, 0) is 6.42 Å². The van der Waals surface area contributed by atoms with E-state index < -0.39 is 0 Å². The van der Waals surface area contributed by atoms with Gasteiger partial charge in [0.1, 0.15) is 35.0 Å². The fraction of sp³-hybridized carbons (Fsp3) is 0.294. The molecule has 0 bridgehead atoms. The van der Waals surface area contributed by atoms with Crippen molar-refractivity contribution >= 4 is 33.6 Å². The normalized spacial score (nSPS) is 15.4. The smallest absolute Gasteiger partial charge is 0.194 e. The number of aromatic nitrogens is 2. The van der Waals surface area contributed by atoms with Crippen LogP contribution in [0.4, 0.5) is 10.2 Å². The van der Waals surface area contributed by atoms with E-state index in [0.717, 1.165) is 52.8 Å². The Morgan fingerprint density at radius 2 is 1.88 bits per heavy atom. The molecule has 2 aliphatic rings. The number of ether oxygens (including phenoxy) is 2. The van der Waals surface area contributed by atoms with Crippen LogP contribution in [0.5, 0.6) is 17.2 Å². The molecular formula is C34H34BrFN4O3. The number of piperidine rings is 1. The van der Waals surface area contributed by atoms with E-state index in [1.54, 1.807) is 28.9 Å². The number of Topliss-reactive ketones (excluding diaryl/α,β-unsaturated/α-hetero) is 1. The van der Waals surface area contributed by atoms with E-state index in [1.807, 2.05) is 31.2 Å². The second-order valence-electron chi connectivity index (χ2n) is 11.5. The molecule has 1 fully saturated rings. The predicted molar refractivity (Wildman–Crippen MR) is 170 cm³/mol. The summed E-state index contributed by atoms with van der Waals surface area (Å²) in [7, 11) is 0. The largest absolute Gasteiger partial charge is 0.489 e. The molecule has 1 aliphatic heterocycles. The van der Waals surface area contributed by atoms with Gasteiger partial charge in [-0.25, -0.2) is 9.07 Å². The molecule has 6 rings (SSSR count). The lowest BCUT2D eigenvalue weighted by Gasteiger charge is -2.34. The maximum atomic E-state index is 13.6. The molecule has 9 heteroatoms. The molecule has 1 aliphatic carbocycles. The van der Waals surface area contributed by atoms with Crippen LogP contribution in [0.2, 0.25) is 0 Å². The Kier molecular flexibility index (Phi) is 8.11. The molecule has 0 radical (unpaired) electrons. The summed E-state index contributed by atoms with van der Waals surface area (Å²) in [6, 6.07) is 16.1. The number of allylic oxidation sites excluding steroid dienone is 1. The van der Waals surface area contributed by atoms with E-state index in [-0.39, 0.29) is 23.5 Å². The summed E-state index contributed by atoms with van der Waals surface area (Å²) in [5, 5.41) is 4.43. The average Bonchev–Trinajstić information content (AvgIpc) is 3.57. The van der Waals surface area contributed by atoms with Crippen LogP contribution in [0.1, 0.15) is 53.7 Å². The molecule has 2 heterocycles. The highest BCUT2D eigenvalue weighted by Gasteiger charge is 2.27. The Bertz CT molecular complexity index is 1720. The Morgan fingerprint density at radius 1 is 1.09 bits per heavy atom. The molecule has 1 aromatic heterocycles. The van der Waals surface area contributed by atoms with Gasteiger partial charge in [0.2, 0.25) is 0 Å². The highest BCUT2D eigenvalue weighted by molar-refractivity contribution is 9.10. The van der Waals surface area contributed by atoms with Crippen molar-refractivity contribution in [1.29, 1.82) is 0 Å². The monoisotopic (exact) mass is 644 g/mol. The zero-order valence-electron chi connectivity index (χ0n) is 24.4. The first-order valence-electron chi connectivity index (χ1n) is 14.5. The number of fused-ring (bicyclic) bond motifs is 1. The zero-order valence-corrected chi connectivity index (χ0v) is 26.0. The van der Waals surface area contributed by atoms with Crippen LogP contribution in [-0.4, -0.2) is 45.7 Å². The number of rotatable bonds is 8. The molecule has 0 saturated carbocycles. The fourth-order valence-corrected chi connectivity index (χ4v) is 6.20. The molecule has 0 spiro atoms. The molecule has 0 atom stereocenters. The quantitative estimate of drug-likeness (QED) is 0.200. The van der Waals surface area contributed by atoms with E-state index >= 15 is 0 Å². The van der Waals surface area contributed by atoms with Gasteiger partial charge in [-0.15, -0.1) is 0 Å². The molecular weight excluding hydrogens is 611 g/mol. The molecule has 0 unspecified atom stereocenters. The van der Waals surface area contributed by atoms with Crippen molar-refractivity contribution in [3.63, 3.8) is 0 Å². The Balaban J connectivity index is 1.16. The third kappa shape index (κ3) is 6.10. The summed E-state index contributed by atoms with van der Waals surface area (Å²) in [6.45, 7) is 8.41. The number of ketones is 1. The van der Waals surface area contributed by atoms with Crippen molar-refractivity contribution in [2.24, 2.45) is 0 Å². The Morgan fingerprint density at radius 3 is 2.60 bits per heavy atom. The van der Waals surface area contributed by atoms with Crippen molar-refractivity contribution in [2.75, 3.05) is 18.8 Å². The maximum Gasteiger partial charge on any atom is 0.194 e. The molecule has 7 nitrogen and oxygen atoms in total. The first-order chi connectivity index (χ1) is 20.7. The van der Waals surface area contributed by atoms with Gasteiger partial charge in [0.15, 0.2) is 5.78 Å². The van der Waals surface area contributed by atoms with Gasteiger partial charge in [-0.05, 0) is 115 Å². The fourth-order valence-electron chi connectivity index (χ4n) is 5.72. The van der Waals surface area contributed by atoms with Crippen molar-refractivity contribution in [2.45, 2.75) is 52.2 Å². The highest BCUT2D eigenvalue weighted by atomic mass is 79.9. The lowest BCUT2D eigenvalue weighted by molar-refractivity contribution is 0.0838. The minimum Gasteiger partial charge on any atom is -0.489 e. The number of nitrogen functional groups attached to an aromatic ring is 1. The van der Waals surface area contributed by atoms with Gasteiger partial charge in [0.05, 0.1) is 21.9 Å². The summed E-state index contributed by atoms with van der Waals surface area (Å²) in [4.78, 5) is 16.1. The first kappa shape index (κ1) is 29.1. The number of nitrogens with two attached hydrogens (primary N) is 1. The molecule has 43 heavy (non-hydrogen) atoms. The van der Waals surface area contributed by atoms with Crippen molar-refractivity contribution in [3.8, 4) is 22.9 Å². The first-order valence-corrected chi connectivity index (χ1v) is 15.3. The number of aryl methyl sites for hydroxylation is 1. The number of hydrogen-bond donors (Lipinski definition) is 1. The summed E-state index contributed by atoms with van der Waals surface area (Å²) in [5.41, 5.74) is 11.0. The Hall–Kier alpha value is -3.95. The van der Waals surface area contributed by atoms with Gasteiger partial charge in [-0.3, -0.25) is 4.79 Å². The van der Waals surface area contributed by atoms with Crippen LogP contribution < -0.4 is 15.2 Å². The zero-order chi connectivity index (χ0) is 30.2. The molecule has 222 valence electrons. The van der Waals surface area contributed by atoms with Crippen LogP contribution in [0.15, 0.2) is 70.8 Å². The van der Waals surface area contributed by atoms with Crippen molar-refractivity contribution in [1.82, 2.24) is 14.7 Å². The number of anilines is 1. The van der Waals surface area contributed by atoms with Gasteiger partial charge >= 0.3 is 0 Å². The molecule has 0 amide bonds. The van der Waals surface area contributed by atoms with Crippen LogP contribution in [0, 0.1) is 12.7 Å². The van der Waals surface area contributed by atoms with Crippen molar-refractivity contribution in [3.05, 3.63) is 98.9 Å². The Labute approximate surface area is 259 Å². The van der Waals surface area contributed by atoms with E-state index in [0.29, 0.717) is 40.8 Å².